The lowest BCUT2D eigenvalue weighted by Gasteiger charge is -2.19. The molecule has 228 valence electrons. The number of carbonyl (C=O) groups excluding carboxylic acids is 4. The lowest BCUT2D eigenvalue weighted by atomic mass is 10.0. The maximum Gasteiger partial charge on any atom is 0.407 e. The standard InChI is InChI=1S/C34H36N4O6/c1-2-43-31(39)21-26-14-6-7-15-27(26)22-36-32(40)29(17-10-20-35-34(42)44-23-24-11-4-3-5-12-24)38-33(41)30-19-18-25-13-8-9-16-28(25)37-30/h3-9,11-16,18-19,29H,2,10,17,20-23H2,1H3,(H,35,42)(H,36,40)(H,38,41)/t29-/m0/s1. The predicted octanol–water partition coefficient (Wildman–Crippen LogP) is 4.46. The zero-order valence-corrected chi connectivity index (χ0v) is 24.6. The van der Waals surface area contributed by atoms with E-state index in [2.05, 4.69) is 20.9 Å². The summed E-state index contributed by atoms with van der Waals surface area (Å²) in [6.07, 6.45) is 0.148. The van der Waals surface area contributed by atoms with Gasteiger partial charge in [-0.3, -0.25) is 14.4 Å². The Labute approximate surface area is 256 Å². The zero-order chi connectivity index (χ0) is 31.1. The number of hydrogen-bond donors (Lipinski definition) is 3. The van der Waals surface area contributed by atoms with E-state index < -0.39 is 23.9 Å². The van der Waals surface area contributed by atoms with E-state index in [4.69, 9.17) is 9.47 Å². The summed E-state index contributed by atoms with van der Waals surface area (Å²) < 4.78 is 10.3. The van der Waals surface area contributed by atoms with Crippen molar-refractivity contribution in [3.05, 3.63) is 113 Å². The predicted molar refractivity (Wildman–Crippen MR) is 165 cm³/mol. The minimum atomic E-state index is -0.907. The molecule has 4 rings (SSSR count). The molecule has 0 saturated heterocycles. The van der Waals surface area contributed by atoms with Crippen molar-refractivity contribution in [2.24, 2.45) is 0 Å². The Kier molecular flexibility index (Phi) is 11.8. The summed E-state index contributed by atoms with van der Waals surface area (Å²) in [7, 11) is 0. The highest BCUT2D eigenvalue weighted by Crippen LogP contribution is 2.13. The molecule has 44 heavy (non-hydrogen) atoms. The number of nitrogens with zero attached hydrogens (tertiary/aromatic N) is 1. The van der Waals surface area contributed by atoms with Gasteiger partial charge in [0.2, 0.25) is 5.91 Å². The van der Waals surface area contributed by atoms with Crippen LogP contribution < -0.4 is 16.0 Å². The van der Waals surface area contributed by atoms with Crippen LogP contribution in [0.5, 0.6) is 0 Å². The van der Waals surface area contributed by atoms with Crippen LogP contribution in [0.2, 0.25) is 0 Å². The number of aromatic nitrogens is 1. The fourth-order valence-electron chi connectivity index (χ4n) is 4.54. The second kappa shape index (κ2) is 16.4. The Hall–Kier alpha value is -5.25. The van der Waals surface area contributed by atoms with E-state index in [1.165, 1.54) is 0 Å². The van der Waals surface area contributed by atoms with Gasteiger partial charge in [-0.15, -0.1) is 0 Å². The first kappa shape index (κ1) is 31.7. The Bertz CT molecular complexity index is 1580. The number of esters is 1. The summed E-state index contributed by atoms with van der Waals surface area (Å²) in [4.78, 5) is 55.2. The number of para-hydroxylation sites is 1. The molecule has 0 fully saturated rings. The van der Waals surface area contributed by atoms with Crippen LogP contribution in [0.15, 0.2) is 91.0 Å². The number of rotatable bonds is 14. The monoisotopic (exact) mass is 596 g/mol. The number of carbonyl (C=O) groups is 4. The average Bonchev–Trinajstić information content (AvgIpc) is 3.04. The van der Waals surface area contributed by atoms with Crippen molar-refractivity contribution in [3.63, 3.8) is 0 Å². The minimum Gasteiger partial charge on any atom is -0.466 e. The van der Waals surface area contributed by atoms with Crippen LogP contribution in [0.3, 0.4) is 0 Å². The second-order valence-corrected chi connectivity index (χ2v) is 10.0. The van der Waals surface area contributed by atoms with Crippen LogP contribution in [-0.2, 0) is 38.6 Å². The number of nitrogens with one attached hydrogen (secondary N) is 3. The molecular weight excluding hydrogens is 560 g/mol. The molecule has 4 aromatic rings. The molecule has 0 radical (unpaired) electrons. The molecule has 0 aliphatic carbocycles. The van der Waals surface area contributed by atoms with Crippen molar-refractivity contribution in [2.75, 3.05) is 13.2 Å². The van der Waals surface area contributed by atoms with Crippen LogP contribution in [0.4, 0.5) is 4.79 Å². The number of ether oxygens (including phenoxy) is 2. The Morgan fingerprint density at radius 3 is 2.32 bits per heavy atom. The van der Waals surface area contributed by atoms with Gasteiger partial charge in [-0.1, -0.05) is 78.9 Å². The summed E-state index contributed by atoms with van der Waals surface area (Å²) in [6, 6.07) is 26.6. The topological polar surface area (TPSA) is 136 Å². The number of pyridine rings is 1. The maximum atomic E-state index is 13.4. The molecule has 10 nitrogen and oxygen atoms in total. The first-order chi connectivity index (χ1) is 21.4. The third-order valence-electron chi connectivity index (χ3n) is 6.82. The molecule has 0 aliphatic rings. The van der Waals surface area contributed by atoms with Gasteiger partial charge in [-0.25, -0.2) is 9.78 Å². The van der Waals surface area contributed by atoms with Crippen LogP contribution in [0.1, 0.15) is 46.9 Å². The van der Waals surface area contributed by atoms with Gasteiger partial charge < -0.3 is 25.4 Å². The number of hydrogen-bond acceptors (Lipinski definition) is 7. The van der Waals surface area contributed by atoms with Gasteiger partial charge in [0.25, 0.3) is 5.91 Å². The van der Waals surface area contributed by atoms with Crippen molar-refractivity contribution < 1.29 is 28.7 Å². The molecule has 3 aromatic carbocycles. The van der Waals surface area contributed by atoms with Gasteiger partial charge in [0.05, 0.1) is 18.5 Å². The zero-order valence-electron chi connectivity index (χ0n) is 24.6. The van der Waals surface area contributed by atoms with Crippen LogP contribution >= 0.6 is 0 Å². The third-order valence-corrected chi connectivity index (χ3v) is 6.82. The highest BCUT2D eigenvalue weighted by Gasteiger charge is 2.22. The summed E-state index contributed by atoms with van der Waals surface area (Å²) in [5.41, 5.74) is 3.22. The molecule has 3 N–H and O–H groups in total. The number of fused-ring (bicyclic) bond motifs is 1. The van der Waals surface area contributed by atoms with Crippen molar-refractivity contribution >= 4 is 34.8 Å². The van der Waals surface area contributed by atoms with Crippen LogP contribution in [-0.4, -0.2) is 48.1 Å². The quantitative estimate of drug-likeness (QED) is 0.144. The largest absolute Gasteiger partial charge is 0.466 e. The van der Waals surface area contributed by atoms with E-state index in [-0.39, 0.29) is 50.8 Å². The van der Waals surface area contributed by atoms with Crippen molar-refractivity contribution in [1.29, 1.82) is 0 Å². The molecule has 1 aromatic heterocycles. The number of alkyl carbamates (subject to hydrolysis) is 1. The molecular formula is C34H36N4O6. The highest BCUT2D eigenvalue weighted by molar-refractivity contribution is 5.97. The molecule has 1 atom stereocenters. The fraction of sp³-hybridized carbons (Fsp3) is 0.265. The summed E-state index contributed by atoms with van der Waals surface area (Å²) in [5.74, 6) is -1.25. The second-order valence-electron chi connectivity index (χ2n) is 10.0. The van der Waals surface area contributed by atoms with E-state index in [0.717, 1.165) is 22.1 Å². The van der Waals surface area contributed by atoms with E-state index >= 15 is 0 Å². The van der Waals surface area contributed by atoms with Gasteiger partial charge in [0.15, 0.2) is 0 Å². The number of benzene rings is 3. The molecule has 0 unspecified atom stereocenters. The molecule has 0 spiro atoms. The Balaban J connectivity index is 1.37. The Morgan fingerprint density at radius 1 is 0.795 bits per heavy atom. The average molecular weight is 597 g/mol. The van der Waals surface area contributed by atoms with Crippen molar-refractivity contribution in [2.45, 2.75) is 45.4 Å². The fourth-order valence-corrected chi connectivity index (χ4v) is 4.54. The molecule has 10 heteroatoms. The van der Waals surface area contributed by atoms with E-state index in [1.54, 1.807) is 19.1 Å². The maximum absolute atomic E-state index is 13.4. The van der Waals surface area contributed by atoms with Crippen LogP contribution in [0.25, 0.3) is 10.9 Å². The van der Waals surface area contributed by atoms with Gasteiger partial charge >= 0.3 is 12.1 Å². The van der Waals surface area contributed by atoms with Crippen molar-refractivity contribution in [1.82, 2.24) is 20.9 Å². The summed E-state index contributed by atoms with van der Waals surface area (Å²) >= 11 is 0. The van der Waals surface area contributed by atoms with E-state index in [1.807, 2.05) is 78.9 Å². The van der Waals surface area contributed by atoms with Gasteiger partial charge in [-0.05, 0) is 48.6 Å². The summed E-state index contributed by atoms with van der Waals surface area (Å²) in [6.45, 7) is 2.56. The van der Waals surface area contributed by atoms with E-state index in [9.17, 15) is 19.2 Å². The normalized spacial score (nSPS) is 11.3. The third kappa shape index (κ3) is 9.65. The lowest BCUT2D eigenvalue weighted by Crippen LogP contribution is -2.47. The van der Waals surface area contributed by atoms with Gasteiger partial charge in [-0.2, -0.15) is 0 Å². The molecule has 0 bridgehead atoms. The lowest BCUT2D eigenvalue weighted by molar-refractivity contribution is -0.142. The van der Waals surface area contributed by atoms with E-state index in [0.29, 0.717) is 11.9 Å². The molecule has 0 saturated carbocycles. The van der Waals surface area contributed by atoms with Crippen molar-refractivity contribution in [3.8, 4) is 0 Å². The first-order valence-electron chi connectivity index (χ1n) is 14.5. The van der Waals surface area contributed by atoms with Gasteiger partial charge in [0.1, 0.15) is 18.3 Å². The number of amides is 3. The highest BCUT2D eigenvalue weighted by atomic mass is 16.5. The minimum absolute atomic E-state index is 0.0831. The SMILES string of the molecule is CCOC(=O)Cc1ccccc1CNC(=O)[C@H](CCCNC(=O)OCc1ccccc1)NC(=O)c1ccc2ccccc2n1. The van der Waals surface area contributed by atoms with Gasteiger partial charge in [0, 0.05) is 18.5 Å². The Morgan fingerprint density at radius 2 is 1.52 bits per heavy atom. The molecule has 3 amide bonds. The molecule has 1 heterocycles. The first-order valence-corrected chi connectivity index (χ1v) is 14.5. The molecule has 0 aliphatic heterocycles. The summed E-state index contributed by atoms with van der Waals surface area (Å²) in [5, 5.41) is 9.26. The van der Waals surface area contributed by atoms with Crippen LogP contribution in [0, 0.1) is 0 Å². The smallest absolute Gasteiger partial charge is 0.407 e.